The molecule has 0 unspecified atom stereocenters. The highest BCUT2D eigenvalue weighted by Gasteiger charge is 2.51. The molecule has 2 aliphatic rings. The smallest absolute Gasteiger partial charge is 0.399 e. The first kappa shape index (κ1) is 17.5. The molecule has 1 aromatic carbocycles. The van der Waals surface area contributed by atoms with E-state index in [2.05, 4.69) is 4.98 Å². The Morgan fingerprint density at radius 3 is 2.31 bits per heavy atom. The number of likely N-dealkylation sites (tertiary alicyclic amines) is 1. The van der Waals surface area contributed by atoms with Crippen LogP contribution < -0.4 is 5.46 Å². The third-order valence-corrected chi connectivity index (χ3v) is 5.53. The number of halogens is 2. The van der Waals surface area contributed by atoms with Gasteiger partial charge >= 0.3 is 7.12 Å². The van der Waals surface area contributed by atoms with Gasteiger partial charge in [0.05, 0.1) is 24.3 Å². The largest absolute Gasteiger partial charge is 0.494 e. The van der Waals surface area contributed by atoms with Crippen LogP contribution in [0.5, 0.6) is 0 Å². The Bertz CT molecular complexity index is 870. The predicted octanol–water partition coefficient (Wildman–Crippen LogP) is 2.56. The molecule has 8 heteroatoms. The van der Waals surface area contributed by atoms with Crippen LogP contribution in [0, 0.1) is 0 Å². The summed E-state index contributed by atoms with van der Waals surface area (Å²) >= 11 is 0. The van der Waals surface area contributed by atoms with Gasteiger partial charge < -0.3 is 19.2 Å². The molecule has 1 amide bonds. The second kappa shape index (κ2) is 5.30. The van der Waals surface area contributed by atoms with Gasteiger partial charge in [-0.2, -0.15) is 0 Å². The summed E-state index contributed by atoms with van der Waals surface area (Å²) in [5.41, 5.74) is 1.01. The van der Waals surface area contributed by atoms with Gasteiger partial charge in [0.2, 0.25) is 0 Å². The monoisotopic (exact) mass is 362 g/mol. The number of alkyl halides is 2. The van der Waals surface area contributed by atoms with Crippen molar-refractivity contribution < 1.29 is 22.9 Å². The molecular weight excluding hydrogens is 341 g/mol. The van der Waals surface area contributed by atoms with Crippen molar-refractivity contribution in [2.45, 2.75) is 44.8 Å². The van der Waals surface area contributed by atoms with Crippen LogP contribution >= 0.6 is 0 Å². The number of nitrogens with one attached hydrogen (secondary N) is 1. The minimum Gasteiger partial charge on any atom is -0.399 e. The molecule has 2 aromatic rings. The summed E-state index contributed by atoms with van der Waals surface area (Å²) in [4.78, 5) is 16.5. The topological polar surface area (TPSA) is 54.6 Å². The lowest BCUT2D eigenvalue weighted by Gasteiger charge is -2.38. The number of H-pyrrole nitrogens is 1. The number of rotatable bonds is 2. The van der Waals surface area contributed by atoms with Crippen molar-refractivity contribution >= 4 is 29.4 Å². The van der Waals surface area contributed by atoms with E-state index in [0.717, 1.165) is 21.3 Å². The average Bonchev–Trinajstić information content (AvgIpc) is 3.01. The molecular formula is C18H21BF2N2O3. The van der Waals surface area contributed by atoms with Crippen LogP contribution in [-0.4, -0.2) is 53.1 Å². The second-order valence-corrected chi connectivity index (χ2v) is 8.14. The standard InChI is InChI=1S/C18H21BF2N2O3/c1-16(2)17(3,4)26-19(25-16)12-6-5-11-7-14(22-13(11)8-12)15(24)23-9-18(20,21)10-23/h5-8,22H,9-10H2,1-4H3. The van der Waals surface area contributed by atoms with E-state index in [4.69, 9.17) is 9.31 Å². The van der Waals surface area contributed by atoms with E-state index >= 15 is 0 Å². The lowest BCUT2D eigenvalue weighted by atomic mass is 9.79. The summed E-state index contributed by atoms with van der Waals surface area (Å²) in [6.45, 7) is 6.89. The van der Waals surface area contributed by atoms with Crippen LogP contribution in [0.3, 0.4) is 0 Å². The van der Waals surface area contributed by atoms with Crippen LogP contribution in [0.2, 0.25) is 0 Å². The van der Waals surface area contributed by atoms with E-state index in [0.29, 0.717) is 5.69 Å². The summed E-state index contributed by atoms with van der Waals surface area (Å²) in [7, 11) is -0.499. The highest BCUT2D eigenvalue weighted by atomic mass is 19.3. The number of aromatic nitrogens is 1. The Labute approximate surface area is 150 Å². The minimum absolute atomic E-state index is 0.307. The SMILES string of the molecule is CC1(C)OB(c2ccc3cc(C(=O)N4CC(F)(F)C4)[nH]c3c2)OC1(C)C. The third kappa shape index (κ3) is 2.72. The number of fused-ring (bicyclic) bond motifs is 1. The van der Waals surface area contributed by atoms with E-state index in [1.807, 2.05) is 45.9 Å². The molecule has 2 fully saturated rings. The van der Waals surface area contributed by atoms with Gasteiger partial charge in [-0.05, 0) is 45.3 Å². The van der Waals surface area contributed by atoms with Gasteiger partial charge in [0, 0.05) is 10.9 Å². The summed E-state index contributed by atoms with van der Waals surface area (Å²) in [6, 6.07) is 7.32. The number of carbonyl (C=O) groups is 1. The first-order chi connectivity index (χ1) is 12.0. The Morgan fingerprint density at radius 2 is 1.73 bits per heavy atom. The molecule has 138 valence electrons. The van der Waals surface area contributed by atoms with Crippen molar-refractivity contribution in [1.82, 2.24) is 9.88 Å². The summed E-state index contributed by atoms with van der Waals surface area (Å²) in [6.07, 6.45) is 0. The Morgan fingerprint density at radius 1 is 1.12 bits per heavy atom. The molecule has 26 heavy (non-hydrogen) atoms. The number of hydrogen-bond donors (Lipinski definition) is 1. The van der Waals surface area contributed by atoms with Crippen molar-refractivity contribution in [3.63, 3.8) is 0 Å². The molecule has 0 aliphatic carbocycles. The van der Waals surface area contributed by atoms with Crippen LogP contribution in [0.1, 0.15) is 38.2 Å². The summed E-state index contributed by atoms with van der Waals surface area (Å²) < 4.78 is 38.1. The fourth-order valence-electron chi connectivity index (χ4n) is 3.21. The highest BCUT2D eigenvalue weighted by Crippen LogP contribution is 2.36. The molecule has 2 saturated heterocycles. The molecule has 3 heterocycles. The number of amides is 1. The summed E-state index contributed by atoms with van der Waals surface area (Å²) in [5.74, 6) is -3.18. The molecule has 1 aromatic heterocycles. The van der Waals surface area contributed by atoms with E-state index in [1.165, 1.54) is 0 Å². The van der Waals surface area contributed by atoms with Gasteiger partial charge in [0.1, 0.15) is 5.69 Å². The molecule has 0 spiro atoms. The van der Waals surface area contributed by atoms with Gasteiger partial charge in [-0.1, -0.05) is 12.1 Å². The van der Waals surface area contributed by atoms with Crippen molar-refractivity contribution in [2.75, 3.05) is 13.1 Å². The Hall–Kier alpha value is -1.93. The first-order valence-corrected chi connectivity index (χ1v) is 8.63. The predicted molar refractivity (Wildman–Crippen MR) is 94.9 cm³/mol. The number of hydrogen-bond acceptors (Lipinski definition) is 3. The molecule has 5 nitrogen and oxygen atoms in total. The van der Waals surface area contributed by atoms with Crippen molar-refractivity contribution in [3.8, 4) is 0 Å². The molecule has 0 radical (unpaired) electrons. The van der Waals surface area contributed by atoms with Crippen molar-refractivity contribution in [2.24, 2.45) is 0 Å². The van der Waals surface area contributed by atoms with Crippen LogP contribution in [-0.2, 0) is 9.31 Å². The Kier molecular flexibility index (Phi) is 3.56. The third-order valence-electron chi connectivity index (χ3n) is 5.53. The Balaban J connectivity index is 1.58. The number of nitrogens with zero attached hydrogens (tertiary/aromatic N) is 1. The van der Waals surface area contributed by atoms with Crippen molar-refractivity contribution in [3.05, 3.63) is 30.0 Å². The zero-order valence-electron chi connectivity index (χ0n) is 15.2. The van der Waals surface area contributed by atoms with E-state index in [9.17, 15) is 13.6 Å². The van der Waals surface area contributed by atoms with Gasteiger partial charge in [-0.15, -0.1) is 0 Å². The van der Waals surface area contributed by atoms with E-state index in [1.54, 1.807) is 6.07 Å². The lowest BCUT2D eigenvalue weighted by Crippen LogP contribution is -2.58. The van der Waals surface area contributed by atoms with Crippen molar-refractivity contribution in [1.29, 1.82) is 0 Å². The van der Waals surface area contributed by atoms with Crippen LogP contribution in [0.4, 0.5) is 8.78 Å². The minimum atomic E-state index is -2.77. The average molecular weight is 362 g/mol. The quantitative estimate of drug-likeness (QED) is 0.836. The maximum Gasteiger partial charge on any atom is 0.494 e. The zero-order valence-corrected chi connectivity index (χ0v) is 15.2. The molecule has 0 bridgehead atoms. The molecule has 2 aliphatic heterocycles. The molecule has 4 rings (SSSR count). The molecule has 0 atom stereocenters. The number of aromatic amines is 1. The second-order valence-electron chi connectivity index (χ2n) is 8.14. The number of benzene rings is 1. The van der Waals surface area contributed by atoms with E-state index in [-0.39, 0.29) is 0 Å². The maximum absolute atomic E-state index is 13.0. The zero-order chi connectivity index (χ0) is 18.9. The summed E-state index contributed by atoms with van der Waals surface area (Å²) in [5, 5.41) is 0.834. The molecule has 1 N–H and O–H groups in total. The fourth-order valence-corrected chi connectivity index (χ4v) is 3.21. The van der Waals surface area contributed by atoms with Gasteiger partial charge in [0.25, 0.3) is 11.8 Å². The van der Waals surface area contributed by atoms with E-state index < -0.39 is 43.2 Å². The van der Waals surface area contributed by atoms with Crippen LogP contribution in [0.25, 0.3) is 10.9 Å². The van der Waals surface area contributed by atoms with Gasteiger partial charge in [-0.3, -0.25) is 4.79 Å². The highest BCUT2D eigenvalue weighted by molar-refractivity contribution is 6.62. The molecule has 0 saturated carbocycles. The fraction of sp³-hybridized carbons (Fsp3) is 0.500. The van der Waals surface area contributed by atoms with Crippen LogP contribution in [0.15, 0.2) is 24.3 Å². The normalized spacial score (nSPS) is 23.3. The number of carbonyl (C=O) groups excluding carboxylic acids is 1. The lowest BCUT2D eigenvalue weighted by molar-refractivity contribution is -0.113. The van der Waals surface area contributed by atoms with Gasteiger partial charge in [0.15, 0.2) is 0 Å². The first-order valence-electron chi connectivity index (χ1n) is 8.63. The maximum atomic E-state index is 13.0. The van der Waals surface area contributed by atoms with Gasteiger partial charge in [-0.25, -0.2) is 8.78 Å².